The summed E-state index contributed by atoms with van der Waals surface area (Å²) < 4.78 is 0.384. The average Bonchev–Trinajstić information content (AvgIpc) is 1.80. The van der Waals surface area contributed by atoms with E-state index in [1.165, 1.54) is 6.20 Å². The first kappa shape index (κ1) is 6.32. The monoisotopic (exact) mass is 191 g/mol. The summed E-state index contributed by atoms with van der Waals surface area (Å²) in [5.41, 5.74) is -0.877. The van der Waals surface area contributed by atoms with E-state index in [9.17, 15) is 9.59 Å². The topological polar surface area (TPSA) is 65.7 Å². The van der Waals surface area contributed by atoms with Gasteiger partial charge in [-0.1, -0.05) is 0 Å². The van der Waals surface area contributed by atoms with Crippen molar-refractivity contribution in [2.24, 2.45) is 0 Å². The zero-order chi connectivity index (χ0) is 6.85. The van der Waals surface area contributed by atoms with Crippen LogP contribution in [0.3, 0.4) is 0 Å². The van der Waals surface area contributed by atoms with Crippen molar-refractivity contribution in [2.75, 3.05) is 0 Å². The summed E-state index contributed by atoms with van der Waals surface area (Å²) >= 11 is 2.48. The van der Waals surface area contributed by atoms with E-state index in [2.05, 4.69) is 21.0 Å². The summed E-state index contributed by atoms with van der Waals surface area (Å²) in [5, 5.41) is 0. The van der Waals surface area contributed by atoms with Gasteiger partial charge in [0, 0.05) is 0 Å². The van der Waals surface area contributed by atoms with Crippen molar-refractivity contribution >= 4 is 20.5 Å². The van der Waals surface area contributed by atoms with Crippen LogP contribution < -0.4 is 15.7 Å². The summed E-state index contributed by atoms with van der Waals surface area (Å²) in [6, 6.07) is 0. The van der Waals surface area contributed by atoms with Crippen LogP contribution in [0.15, 0.2) is 15.8 Å². The van der Waals surface area contributed by atoms with E-state index in [1.54, 1.807) is 0 Å². The first-order chi connectivity index (χ1) is 4.20. The molecule has 0 fully saturated rings. The number of rotatable bonds is 0. The van der Waals surface area contributed by atoms with E-state index in [0.717, 1.165) is 0 Å². The summed E-state index contributed by atoms with van der Waals surface area (Å²) in [7, 11) is 0. The minimum atomic E-state index is -0.487. The molecule has 1 heterocycles. The Labute approximate surface area is 58.1 Å². The minimum absolute atomic E-state index is 0.384. The average molecular weight is 190 g/mol. The Bertz CT molecular complexity index is 313. The van der Waals surface area contributed by atoms with Gasteiger partial charge in [-0.3, -0.25) is 0 Å². The van der Waals surface area contributed by atoms with Gasteiger partial charge >= 0.3 is 57.5 Å². The Morgan fingerprint density at radius 2 is 2.11 bits per heavy atom. The maximum absolute atomic E-state index is 10.5. The van der Waals surface area contributed by atoms with Gasteiger partial charge in [-0.25, -0.2) is 0 Å². The van der Waals surface area contributed by atoms with Crippen molar-refractivity contribution in [1.29, 1.82) is 0 Å². The summed E-state index contributed by atoms with van der Waals surface area (Å²) in [4.78, 5) is 25.2. The van der Waals surface area contributed by atoms with E-state index in [-0.39, 0.29) is 0 Å². The molecule has 2 N–H and O–H groups in total. The molecule has 0 spiro atoms. The summed E-state index contributed by atoms with van der Waals surface area (Å²) in [5.74, 6) is 0. The number of nitrogens with one attached hydrogen (secondary N) is 2. The molecule has 0 atom stereocenters. The van der Waals surface area contributed by atoms with Crippen molar-refractivity contribution in [3.05, 3.63) is 27.0 Å². The Hall–Kier alpha value is -0.801. The number of aromatic nitrogens is 2. The molecule has 0 saturated carbocycles. The van der Waals surface area contributed by atoms with E-state index in [4.69, 9.17) is 0 Å². The van der Waals surface area contributed by atoms with Crippen LogP contribution in [0.2, 0.25) is 0 Å². The standard InChI is InChI=1S/C4H3N2O2Se/c7-3-2(9)1-5-4(8)6-3/h1H,(H2,5,6,7,8). The van der Waals surface area contributed by atoms with Crippen LogP contribution in [0.25, 0.3) is 0 Å². The van der Waals surface area contributed by atoms with E-state index < -0.39 is 11.2 Å². The third kappa shape index (κ3) is 1.31. The molecule has 1 radical (unpaired) electrons. The Kier molecular flexibility index (Phi) is 1.55. The van der Waals surface area contributed by atoms with Crippen molar-refractivity contribution < 1.29 is 0 Å². The Morgan fingerprint density at radius 3 is 2.56 bits per heavy atom. The zero-order valence-electron chi connectivity index (χ0n) is 4.30. The van der Waals surface area contributed by atoms with Crippen LogP contribution in [-0.4, -0.2) is 26.0 Å². The fraction of sp³-hybridized carbons (Fsp3) is 0. The molecule has 0 amide bonds. The van der Waals surface area contributed by atoms with Gasteiger partial charge in [-0.15, -0.1) is 0 Å². The van der Waals surface area contributed by atoms with Gasteiger partial charge in [0.2, 0.25) is 0 Å². The van der Waals surface area contributed by atoms with Gasteiger partial charge in [0.05, 0.1) is 0 Å². The predicted octanol–water partition coefficient (Wildman–Crippen LogP) is -2.14. The number of hydrogen-bond donors (Lipinski definition) is 2. The fourth-order valence-electron chi connectivity index (χ4n) is 0.397. The molecule has 0 aromatic carbocycles. The molecule has 9 heavy (non-hydrogen) atoms. The SMILES string of the molecule is O=c1[nH]cc([Se])c(=O)[nH]1. The third-order valence-electron chi connectivity index (χ3n) is 0.785. The Morgan fingerprint density at radius 1 is 1.44 bits per heavy atom. The van der Waals surface area contributed by atoms with Gasteiger partial charge in [0.25, 0.3) is 0 Å². The number of H-pyrrole nitrogens is 2. The second-order valence-corrected chi connectivity index (χ2v) is 2.36. The summed E-state index contributed by atoms with van der Waals surface area (Å²) in [6.07, 6.45) is 1.32. The van der Waals surface area contributed by atoms with E-state index >= 15 is 0 Å². The molecular formula is C4H3N2O2Se. The molecule has 0 saturated heterocycles. The van der Waals surface area contributed by atoms with E-state index in [1.807, 2.05) is 4.98 Å². The quantitative estimate of drug-likeness (QED) is 0.458. The first-order valence-corrected chi connectivity index (χ1v) is 3.05. The van der Waals surface area contributed by atoms with Crippen LogP contribution in [0.1, 0.15) is 0 Å². The van der Waals surface area contributed by atoms with Gasteiger partial charge < -0.3 is 0 Å². The van der Waals surface area contributed by atoms with E-state index in [0.29, 0.717) is 4.46 Å². The van der Waals surface area contributed by atoms with Crippen molar-refractivity contribution in [1.82, 2.24) is 9.97 Å². The van der Waals surface area contributed by atoms with Crippen molar-refractivity contribution in [3.63, 3.8) is 0 Å². The molecule has 0 bridgehead atoms. The Balaban J connectivity index is 3.52. The summed E-state index contributed by atoms with van der Waals surface area (Å²) in [6.45, 7) is 0. The van der Waals surface area contributed by atoms with Crippen LogP contribution in [0.4, 0.5) is 0 Å². The number of hydrogen-bond acceptors (Lipinski definition) is 2. The molecule has 0 aliphatic rings. The maximum atomic E-state index is 10.5. The van der Waals surface area contributed by atoms with Crippen LogP contribution >= 0.6 is 0 Å². The van der Waals surface area contributed by atoms with Crippen molar-refractivity contribution in [3.8, 4) is 0 Å². The zero-order valence-corrected chi connectivity index (χ0v) is 6.02. The molecule has 1 aromatic rings. The van der Waals surface area contributed by atoms with Gasteiger partial charge in [0.15, 0.2) is 0 Å². The first-order valence-electron chi connectivity index (χ1n) is 2.19. The van der Waals surface area contributed by atoms with Crippen molar-refractivity contribution in [2.45, 2.75) is 0 Å². The van der Waals surface area contributed by atoms with Gasteiger partial charge in [-0.2, -0.15) is 0 Å². The molecule has 0 unspecified atom stereocenters. The second kappa shape index (κ2) is 2.21. The molecule has 5 heteroatoms. The second-order valence-electron chi connectivity index (χ2n) is 1.44. The molecule has 0 aliphatic carbocycles. The molecule has 0 aliphatic heterocycles. The predicted molar refractivity (Wildman–Crippen MR) is 33.1 cm³/mol. The normalized spacial score (nSPS) is 9.33. The molecule has 47 valence electrons. The van der Waals surface area contributed by atoms with Crippen LogP contribution in [0, 0.1) is 0 Å². The molecular weight excluding hydrogens is 187 g/mol. The van der Waals surface area contributed by atoms with Crippen LogP contribution in [0.5, 0.6) is 0 Å². The van der Waals surface area contributed by atoms with Crippen LogP contribution in [-0.2, 0) is 0 Å². The third-order valence-corrected chi connectivity index (χ3v) is 1.42. The molecule has 4 nitrogen and oxygen atoms in total. The molecule has 1 aromatic heterocycles. The van der Waals surface area contributed by atoms with Gasteiger partial charge in [0.1, 0.15) is 0 Å². The number of aromatic amines is 2. The van der Waals surface area contributed by atoms with Gasteiger partial charge in [-0.05, 0) is 0 Å². The fourth-order valence-corrected chi connectivity index (χ4v) is 0.628. The molecule has 1 rings (SSSR count).